The van der Waals surface area contributed by atoms with Crippen molar-refractivity contribution >= 4 is 22.0 Å². The number of ether oxygens (including phenoxy) is 3. The molecule has 0 saturated heterocycles. The summed E-state index contributed by atoms with van der Waals surface area (Å²) in [6.07, 6.45) is 1.62. The summed E-state index contributed by atoms with van der Waals surface area (Å²) in [5.74, 6) is 2.71. The SMILES string of the molecule is COc1cnc2c(-c3cc4c5c(cc(C)c4o3)OCCO5)cc(C)cc2n1. The number of rotatable bonds is 2. The zero-order valence-electron chi connectivity index (χ0n) is 15.3. The molecule has 27 heavy (non-hydrogen) atoms. The lowest BCUT2D eigenvalue weighted by molar-refractivity contribution is 0.174. The highest BCUT2D eigenvalue weighted by molar-refractivity contribution is 5.97. The standard InChI is InChI=1S/C21H18N2O4/c1-11-6-13(19-15(7-11)23-18(24-3)10-22-19)16-9-14-20(27-16)12(2)8-17-21(14)26-5-4-25-17/h6-10H,4-5H2,1-3H3. The van der Waals surface area contributed by atoms with Crippen molar-refractivity contribution in [2.24, 2.45) is 0 Å². The second-order valence-corrected chi connectivity index (χ2v) is 6.66. The molecule has 4 aromatic rings. The van der Waals surface area contributed by atoms with Gasteiger partial charge >= 0.3 is 0 Å². The third kappa shape index (κ3) is 2.48. The smallest absolute Gasteiger partial charge is 0.232 e. The Morgan fingerprint density at radius 2 is 1.89 bits per heavy atom. The summed E-state index contributed by atoms with van der Waals surface area (Å²) in [7, 11) is 1.58. The van der Waals surface area contributed by atoms with Crippen LogP contribution in [0.2, 0.25) is 0 Å². The first-order valence-electron chi connectivity index (χ1n) is 8.78. The van der Waals surface area contributed by atoms with E-state index in [4.69, 9.17) is 18.6 Å². The molecule has 1 aliphatic heterocycles. The average Bonchev–Trinajstić information content (AvgIpc) is 3.13. The molecule has 3 heterocycles. The molecule has 0 amide bonds. The maximum absolute atomic E-state index is 6.24. The van der Waals surface area contributed by atoms with Crippen LogP contribution in [0.3, 0.4) is 0 Å². The van der Waals surface area contributed by atoms with Gasteiger partial charge in [-0.1, -0.05) is 0 Å². The molecule has 0 fully saturated rings. The van der Waals surface area contributed by atoms with E-state index < -0.39 is 0 Å². The monoisotopic (exact) mass is 362 g/mol. The van der Waals surface area contributed by atoms with Gasteiger partial charge in [0.25, 0.3) is 0 Å². The molecule has 0 bridgehead atoms. The van der Waals surface area contributed by atoms with Gasteiger partial charge in [0.15, 0.2) is 11.5 Å². The van der Waals surface area contributed by atoms with Crippen LogP contribution < -0.4 is 14.2 Å². The van der Waals surface area contributed by atoms with E-state index in [1.807, 2.05) is 32.0 Å². The van der Waals surface area contributed by atoms with E-state index in [2.05, 4.69) is 16.0 Å². The van der Waals surface area contributed by atoms with Crippen molar-refractivity contribution in [3.63, 3.8) is 0 Å². The largest absolute Gasteiger partial charge is 0.486 e. The zero-order valence-corrected chi connectivity index (χ0v) is 15.3. The van der Waals surface area contributed by atoms with Crippen molar-refractivity contribution in [3.05, 3.63) is 41.6 Å². The summed E-state index contributed by atoms with van der Waals surface area (Å²) < 4.78 is 23.0. The van der Waals surface area contributed by atoms with Gasteiger partial charge < -0.3 is 18.6 Å². The molecule has 136 valence electrons. The second kappa shape index (κ2) is 5.87. The van der Waals surface area contributed by atoms with Gasteiger partial charge in [0.05, 0.1) is 29.7 Å². The number of fused-ring (bicyclic) bond motifs is 4. The normalized spacial score (nSPS) is 13.3. The molecule has 0 saturated carbocycles. The summed E-state index contributed by atoms with van der Waals surface area (Å²) in [4.78, 5) is 9.06. The molecule has 1 aliphatic rings. The molecular formula is C21H18N2O4. The minimum absolute atomic E-state index is 0.485. The predicted molar refractivity (Wildman–Crippen MR) is 102 cm³/mol. The minimum atomic E-state index is 0.485. The molecule has 5 rings (SSSR count). The Bertz CT molecular complexity index is 1200. The van der Waals surface area contributed by atoms with E-state index in [0.29, 0.717) is 19.1 Å². The number of furan rings is 1. The van der Waals surface area contributed by atoms with Crippen molar-refractivity contribution in [1.82, 2.24) is 9.97 Å². The predicted octanol–water partition coefficient (Wildman–Crippen LogP) is 4.44. The molecule has 0 spiro atoms. The summed E-state index contributed by atoms with van der Waals surface area (Å²) >= 11 is 0. The number of benzene rings is 2. The highest BCUT2D eigenvalue weighted by Crippen LogP contribution is 2.43. The summed E-state index contributed by atoms with van der Waals surface area (Å²) in [6.45, 7) is 5.12. The maximum Gasteiger partial charge on any atom is 0.232 e. The van der Waals surface area contributed by atoms with Gasteiger partial charge in [-0.2, -0.15) is 0 Å². The van der Waals surface area contributed by atoms with Crippen molar-refractivity contribution in [3.8, 4) is 28.7 Å². The number of aromatic nitrogens is 2. The summed E-state index contributed by atoms with van der Waals surface area (Å²) in [5.41, 5.74) is 5.29. The Hall–Kier alpha value is -3.28. The third-order valence-electron chi connectivity index (χ3n) is 4.74. The van der Waals surface area contributed by atoms with E-state index in [1.165, 1.54) is 0 Å². The van der Waals surface area contributed by atoms with E-state index in [1.54, 1.807) is 13.3 Å². The van der Waals surface area contributed by atoms with Crippen LogP contribution in [0.5, 0.6) is 17.4 Å². The Kier molecular flexibility index (Phi) is 3.47. The average molecular weight is 362 g/mol. The van der Waals surface area contributed by atoms with Crippen LogP contribution in [-0.2, 0) is 0 Å². The Labute approximate surface area is 155 Å². The molecule has 0 radical (unpaired) electrons. The molecule has 0 atom stereocenters. The van der Waals surface area contributed by atoms with Crippen LogP contribution >= 0.6 is 0 Å². The number of hydrogen-bond donors (Lipinski definition) is 0. The fourth-order valence-corrected chi connectivity index (χ4v) is 3.53. The van der Waals surface area contributed by atoms with Crippen LogP contribution in [0.15, 0.2) is 34.9 Å². The number of methoxy groups -OCH3 is 1. The molecule has 0 N–H and O–H groups in total. The zero-order chi connectivity index (χ0) is 18.5. The van der Waals surface area contributed by atoms with Crippen LogP contribution in [0.4, 0.5) is 0 Å². The van der Waals surface area contributed by atoms with E-state index in [0.717, 1.165) is 56.0 Å². The van der Waals surface area contributed by atoms with Crippen molar-refractivity contribution in [2.75, 3.05) is 20.3 Å². The third-order valence-corrected chi connectivity index (χ3v) is 4.74. The first kappa shape index (κ1) is 15.9. The Morgan fingerprint density at radius 1 is 1.04 bits per heavy atom. The Morgan fingerprint density at radius 3 is 2.74 bits per heavy atom. The number of aryl methyl sites for hydroxylation is 2. The van der Waals surface area contributed by atoms with Gasteiger partial charge in [-0.15, -0.1) is 0 Å². The minimum Gasteiger partial charge on any atom is -0.486 e. The highest BCUT2D eigenvalue weighted by Gasteiger charge is 2.22. The van der Waals surface area contributed by atoms with Gasteiger partial charge in [0.2, 0.25) is 5.88 Å². The lowest BCUT2D eigenvalue weighted by Crippen LogP contribution is -2.15. The van der Waals surface area contributed by atoms with Crippen molar-refractivity contribution in [2.45, 2.75) is 13.8 Å². The van der Waals surface area contributed by atoms with Crippen molar-refractivity contribution in [1.29, 1.82) is 0 Å². The van der Waals surface area contributed by atoms with Crippen molar-refractivity contribution < 1.29 is 18.6 Å². The molecule has 2 aromatic heterocycles. The molecule has 2 aromatic carbocycles. The molecule has 6 nitrogen and oxygen atoms in total. The van der Waals surface area contributed by atoms with Gasteiger partial charge in [-0.3, -0.25) is 0 Å². The first-order chi connectivity index (χ1) is 13.1. The fourth-order valence-electron chi connectivity index (χ4n) is 3.53. The van der Waals surface area contributed by atoms with E-state index >= 15 is 0 Å². The lowest BCUT2D eigenvalue weighted by Gasteiger charge is -2.19. The molecular weight excluding hydrogens is 344 g/mol. The van der Waals surface area contributed by atoms with Gasteiger partial charge in [0.1, 0.15) is 24.6 Å². The van der Waals surface area contributed by atoms with Crippen LogP contribution in [-0.4, -0.2) is 30.3 Å². The highest BCUT2D eigenvalue weighted by atomic mass is 16.6. The van der Waals surface area contributed by atoms with Gasteiger partial charge in [-0.05, 0) is 49.2 Å². The molecule has 0 aliphatic carbocycles. The van der Waals surface area contributed by atoms with E-state index in [9.17, 15) is 0 Å². The van der Waals surface area contributed by atoms with Gasteiger partial charge in [-0.25, -0.2) is 9.97 Å². The molecule has 6 heteroatoms. The molecule has 0 unspecified atom stereocenters. The lowest BCUT2D eigenvalue weighted by atomic mass is 10.1. The summed E-state index contributed by atoms with van der Waals surface area (Å²) in [6, 6.07) is 8.00. The quantitative estimate of drug-likeness (QED) is 0.525. The first-order valence-corrected chi connectivity index (χ1v) is 8.78. The fraction of sp³-hybridized carbons (Fsp3) is 0.238. The second-order valence-electron chi connectivity index (χ2n) is 6.66. The number of nitrogens with zero attached hydrogens (tertiary/aromatic N) is 2. The topological polar surface area (TPSA) is 66.6 Å². The number of hydrogen-bond acceptors (Lipinski definition) is 6. The van der Waals surface area contributed by atoms with Crippen LogP contribution in [0.25, 0.3) is 33.3 Å². The van der Waals surface area contributed by atoms with Crippen LogP contribution in [0.1, 0.15) is 11.1 Å². The van der Waals surface area contributed by atoms with Crippen LogP contribution in [0, 0.1) is 13.8 Å². The Balaban J connectivity index is 1.77. The summed E-state index contributed by atoms with van der Waals surface area (Å²) in [5, 5.41) is 0.913. The maximum atomic E-state index is 6.24. The van der Waals surface area contributed by atoms with Gasteiger partial charge in [0, 0.05) is 5.56 Å². The van der Waals surface area contributed by atoms with E-state index in [-0.39, 0.29) is 0 Å².